The van der Waals surface area contributed by atoms with Gasteiger partial charge in [0.1, 0.15) is 17.3 Å². The number of rotatable bonds is 3. The molecule has 1 N–H and O–H groups in total. The Morgan fingerprint density at radius 1 is 1.24 bits per heavy atom. The number of pyridine rings is 1. The highest BCUT2D eigenvalue weighted by Gasteiger charge is 2.24. The maximum absolute atomic E-state index is 12.6. The smallest absolute Gasteiger partial charge is 0.272 e. The van der Waals surface area contributed by atoms with Crippen LogP contribution in [0.2, 0.25) is 0 Å². The molecule has 0 saturated carbocycles. The summed E-state index contributed by atoms with van der Waals surface area (Å²) in [6, 6.07) is 10.1. The van der Waals surface area contributed by atoms with Gasteiger partial charge < -0.3 is 14.3 Å². The maximum atomic E-state index is 12.6. The number of aromatic nitrogens is 2. The number of benzene rings is 1. The molecule has 5 heteroatoms. The third-order valence-electron chi connectivity index (χ3n) is 5.03. The first-order chi connectivity index (χ1) is 12.2. The highest BCUT2D eigenvalue weighted by molar-refractivity contribution is 5.90. The van der Waals surface area contributed by atoms with E-state index in [2.05, 4.69) is 15.6 Å². The average Bonchev–Trinajstić information content (AvgIpc) is 2.98. The van der Waals surface area contributed by atoms with E-state index in [1.54, 1.807) is 7.11 Å². The van der Waals surface area contributed by atoms with Crippen LogP contribution in [-0.4, -0.2) is 16.7 Å². The van der Waals surface area contributed by atoms with Gasteiger partial charge in [0.05, 0.1) is 12.7 Å². The van der Waals surface area contributed by atoms with Gasteiger partial charge in [-0.1, -0.05) is 12.1 Å². The topological polar surface area (TPSA) is 70.8 Å². The van der Waals surface area contributed by atoms with Gasteiger partial charge in [0.15, 0.2) is 0 Å². The highest BCUT2D eigenvalue weighted by atomic mass is 16.5. The first-order valence-electron chi connectivity index (χ1n) is 8.51. The van der Waals surface area contributed by atoms with Gasteiger partial charge >= 0.3 is 0 Å². The van der Waals surface area contributed by atoms with Gasteiger partial charge in [-0.25, -0.2) is 0 Å². The molecule has 0 bridgehead atoms. The summed E-state index contributed by atoms with van der Waals surface area (Å²) >= 11 is 0. The second kappa shape index (κ2) is 6.14. The van der Waals surface area contributed by atoms with Crippen molar-refractivity contribution < 1.29 is 4.74 Å². The van der Waals surface area contributed by atoms with Crippen LogP contribution in [0.3, 0.4) is 0 Å². The Kier molecular flexibility index (Phi) is 3.81. The molecular formula is C20H19N3O2. The van der Waals surface area contributed by atoms with E-state index in [0.29, 0.717) is 17.6 Å². The van der Waals surface area contributed by atoms with E-state index in [0.717, 1.165) is 42.4 Å². The SMILES string of the molecule is COc1ccc(Cn2c3c(c4c(C#N)c[nH]c(=O)c42)CCCC3)cc1. The van der Waals surface area contributed by atoms with E-state index < -0.39 is 0 Å². The lowest BCUT2D eigenvalue weighted by atomic mass is 9.94. The summed E-state index contributed by atoms with van der Waals surface area (Å²) in [6.07, 6.45) is 5.64. The molecule has 0 radical (unpaired) electrons. The van der Waals surface area contributed by atoms with Crippen LogP contribution in [0.5, 0.6) is 5.75 Å². The average molecular weight is 333 g/mol. The van der Waals surface area contributed by atoms with Crippen LogP contribution in [0.15, 0.2) is 35.3 Å². The Balaban J connectivity index is 1.93. The van der Waals surface area contributed by atoms with E-state index in [1.807, 2.05) is 24.3 Å². The Morgan fingerprint density at radius 2 is 2.00 bits per heavy atom. The van der Waals surface area contributed by atoms with Crippen molar-refractivity contribution in [2.75, 3.05) is 7.11 Å². The number of H-pyrrole nitrogens is 1. The third-order valence-corrected chi connectivity index (χ3v) is 5.03. The second-order valence-corrected chi connectivity index (χ2v) is 6.43. The van der Waals surface area contributed by atoms with Crippen molar-refractivity contribution in [2.45, 2.75) is 32.2 Å². The van der Waals surface area contributed by atoms with Crippen LogP contribution in [0.4, 0.5) is 0 Å². The quantitative estimate of drug-likeness (QED) is 0.800. The van der Waals surface area contributed by atoms with Crippen LogP contribution in [0.1, 0.15) is 35.2 Å². The summed E-state index contributed by atoms with van der Waals surface area (Å²) in [4.78, 5) is 15.3. The molecule has 5 nitrogen and oxygen atoms in total. The predicted octanol–water partition coefficient (Wildman–Crippen LogP) is 3.14. The van der Waals surface area contributed by atoms with Gasteiger partial charge in [0.2, 0.25) is 0 Å². The summed E-state index contributed by atoms with van der Waals surface area (Å²) in [5.41, 5.74) is 4.54. The molecule has 2 aromatic heterocycles. The molecule has 0 amide bonds. The lowest BCUT2D eigenvalue weighted by Gasteiger charge is -2.16. The fourth-order valence-electron chi connectivity index (χ4n) is 3.85. The predicted molar refractivity (Wildman–Crippen MR) is 96.0 cm³/mol. The first kappa shape index (κ1) is 15.5. The van der Waals surface area contributed by atoms with Crippen LogP contribution in [0, 0.1) is 11.3 Å². The van der Waals surface area contributed by atoms with Gasteiger partial charge in [-0.3, -0.25) is 4.79 Å². The zero-order chi connectivity index (χ0) is 17.4. The summed E-state index contributed by atoms with van der Waals surface area (Å²) in [5, 5.41) is 10.3. The van der Waals surface area contributed by atoms with Crippen molar-refractivity contribution in [2.24, 2.45) is 0 Å². The minimum atomic E-state index is -0.128. The number of aromatic amines is 1. The van der Waals surface area contributed by atoms with Crippen LogP contribution < -0.4 is 10.3 Å². The van der Waals surface area contributed by atoms with Crippen molar-refractivity contribution in [1.82, 2.24) is 9.55 Å². The molecule has 25 heavy (non-hydrogen) atoms. The molecule has 4 rings (SSSR count). The molecule has 126 valence electrons. The molecule has 0 spiro atoms. The van der Waals surface area contributed by atoms with E-state index in [4.69, 9.17) is 4.74 Å². The Hall–Kier alpha value is -3.00. The van der Waals surface area contributed by atoms with Crippen molar-refractivity contribution in [1.29, 1.82) is 5.26 Å². The largest absolute Gasteiger partial charge is 0.497 e. The van der Waals surface area contributed by atoms with Crippen molar-refractivity contribution >= 4 is 10.9 Å². The molecule has 0 unspecified atom stereocenters. The van der Waals surface area contributed by atoms with Crippen LogP contribution in [-0.2, 0) is 19.4 Å². The van der Waals surface area contributed by atoms with Gasteiger partial charge in [-0.05, 0) is 48.9 Å². The van der Waals surface area contributed by atoms with Crippen LogP contribution >= 0.6 is 0 Å². The zero-order valence-electron chi connectivity index (χ0n) is 14.1. The number of nitrogens with one attached hydrogen (secondary N) is 1. The van der Waals surface area contributed by atoms with Crippen molar-refractivity contribution in [3.05, 3.63) is 63.2 Å². The van der Waals surface area contributed by atoms with Crippen molar-refractivity contribution in [3.8, 4) is 11.8 Å². The fraction of sp³-hybridized carbons (Fsp3) is 0.300. The van der Waals surface area contributed by atoms with E-state index in [1.165, 1.54) is 17.5 Å². The Labute approximate surface area is 145 Å². The zero-order valence-corrected chi connectivity index (χ0v) is 14.1. The third kappa shape index (κ3) is 2.51. The number of nitriles is 1. The number of methoxy groups -OCH3 is 1. The minimum Gasteiger partial charge on any atom is -0.497 e. The lowest BCUT2D eigenvalue weighted by Crippen LogP contribution is -2.14. The molecule has 0 aliphatic heterocycles. The van der Waals surface area contributed by atoms with Gasteiger partial charge in [-0.15, -0.1) is 0 Å². The summed E-state index contributed by atoms with van der Waals surface area (Å²) < 4.78 is 7.32. The maximum Gasteiger partial charge on any atom is 0.272 e. The number of hydrogen-bond acceptors (Lipinski definition) is 3. The number of fused-ring (bicyclic) bond motifs is 3. The van der Waals surface area contributed by atoms with E-state index in [9.17, 15) is 10.1 Å². The van der Waals surface area contributed by atoms with Crippen molar-refractivity contribution in [3.63, 3.8) is 0 Å². The number of ether oxygens (including phenoxy) is 1. The van der Waals surface area contributed by atoms with Gasteiger partial charge in [0.25, 0.3) is 5.56 Å². The molecule has 1 aliphatic carbocycles. The molecule has 2 heterocycles. The molecule has 0 fully saturated rings. The van der Waals surface area contributed by atoms with Gasteiger partial charge in [0, 0.05) is 23.8 Å². The van der Waals surface area contributed by atoms with Gasteiger partial charge in [-0.2, -0.15) is 5.26 Å². The highest BCUT2D eigenvalue weighted by Crippen LogP contribution is 2.33. The molecule has 1 aromatic carbocycles. The molecular weight excluding hydrogens is 314 g/mol. The summed E-state index contributed by atoms with van der Waals surface area (Å²) in [5.74, 6) is 0.813. The molecule has 1 aliphatic rings. The lowest BCUT2D eigenvalue weighted by molar-refractivity contribution is 0.414. The number of nitrogens with zero attached hydrogens (tertiary/aromatic N) is 2. The monoisotopic (exact) mass is 333 g/mol. The Bertz CT molecular complexity index is 1040. The number of aryl methyl sites for hydroxylation is 1. The molecule has 3 aromatic rings. The first-order valence-corrected chi connectivity index (χ1v) is 8.51. The minimum absolute atomic E-state index is 0.128. The van der Waals surface area contributed by atoms with Crippen LogP contribution in [0.25, 0.3) is 10.9 Å². The summed E-state index contributed by atoms with van der Waals surface area (Å²) in [6.45, 7) is 0.619. The van der Waals surface area contributed by atoms with E-state index >= 15 is 0 Å². The fourth-order valence-corrected chi connectivity index (χ4v) is 3.85. The second-order valence-electron chi connectivity index (χ2n) is 6.43. The molecule has 0 atom stereocenters. The molecule has 0 saturated heterocycles. The standard InChI is InChI=1S/C20H19N3O2/c1-25-15-8-6-13(7-9-15)12-23-17-5-3-2-4-16(17)18-14(10-21)11-22-20(24)19(18)23/h6-9,11H,2-5,12H2,1H3,(H,22,24). The normalized spacial score (nSPS) is 13.4. The number of hydrogen-bond donors (Lipinski definition) is 1. The Morgan fingerprint density at radius 3 is 2.72 bits per heavy atom. The van der Waals surface area contributed by atoms with E-state index in [-0.39, 0.29) is 5.56 Å². The summed E-state index contributed by atoms with van der Waals surface area (Å²) in [7, 11) is 1.65.